The maximum Gasteiger partial charge on any atom is 0.344 e. The fraction of sp³-hybridized carbons (Fsp3) is 0.235. The number of benzene rings is 6. The van der Waals surface area contributed by atoms with Crippen LogP contribution in [0.1, 0.15) is 59.8 Å². The van der Waals surface area contributed by atoms with Crippen molar-refractivity contribution in [3.05, 3.63) is 201 Å². The standard InChI is InChI=1S/C26H23ClF2O4.C25H21ClF2O/c27-19-11-9-18(10-12-19)24(17-7-8-17)26(29,25(31)32)23(30)15-16-6-13-21(28)22(14-16)33-20-4-2-1-3-5-20;26-20-12-10-19(11-13-20)25(18-8-9-18)23(28)15-7-17-6-14-22(27)24(16-17)29-21-4-2-1-3-5-21/h1-6,9-14,17,23-24,30H,7-8,15H2,(H,31,32);1-6,10-16,18,25H,7-9H2/b;23-15-/t23?,24-,26?;25-/m11/s1. The first-order chi connectivity index (χ1) is 29.9. The second kappa shape index (κ2) is 20.1. The van der Waals surface area contributed by atoms with Crippen LogP contribution in [-0.2, 0) is 17.6 Å². The molecule has 2 N–H and O–H groups in total. The monoisotopic (exact) mass is 882 g/mol. The number of ether oxygens (including phenoxy) is 2. The molecule has 320 valence electrons. The van der Waals surface area contributed by atoms with Crippen molar-refractivity contribution < 1.29 is 42.0 Å². The molecule has 0 aromatic heterocycles. The first-order valence-corrected chi connectivity index (χ1v) is 21.1. The number of alkyl halides is 1. The van der Waals surface area contributed by atoms with Crippen LogP contribution in [-0.4, -0.2) is 28.0 Å². The first-order valence-electron chi connectivity index (χ1n) is 20.4. The lowest BCUT2D eigenvalue weighted by Crippen LogP contribution is -2.52. The van der Waals surface area contributed by atoms with Gasteiger partial charge in [0.2, 0.25) is 5.67 Å². The van der Waals surface area contributed by atoms with E-state index in [9.17, 15) is 23.8 Å². The summed E-state index contributed by atoms with van der Waals surface area (Å²) in [6.07, 6.45) is 3.16. The SMILES string of the molecule is F/C(=C\Cc1ccc(F)c(Oc2ccccc2)c1)[C@@H](c1ccc(Cl)cc1)C1CC1.O=C(O)C(F)(C(O)Cc1ccc(F)c(Oc2ccccc2)c1)[C@@H](c1ccc(Cl)cc1)C1CC1. The third-order valence-corrected chi connectivity index (χ3v) is 11.6. The topological polar surface area (TPSA) is 76.0 Å². The molecule has 0 saturated heterocycles. The normalized spacial score (nSPS) is 16.2. The zero-order chi connectivity index (χ0) is 43.8. The molecule has 6 aromatic carbocycles. The largest absolute Gasteiger partial charge is 0.479 e. The van der Waals surface area contributed by atoms with E-state index in [0.717, 1.165) is 30.0 Å². The number of aliphatic hydroxyl groups is 1. The molecule has 0 spiro atoms. The summed E-state index contributed by atoms with van der Waals surface area (Å²) >= 11 is 11.9. The van der Waals surface area contributed by atoms with E-state index in [1.807, 2.05) is 30.3 Å². The average Bonchev–Trinajstić information content (AvgIpc) is 4.22. The Labute approximate surface area is 368 Å². The molecule has 4 atom stereocenters. The van der Waals surface area contributed by atoms with E-state index in [-0.39, 0.29) is 35.6 Å². The summed E-state index contributed by atoms with van der Waals surface area (Å²) in [6, 6.07) is 39.9. The van der Waals surface area contributed by atoms with Gasteiger partial charge in [-0.25, -0.2) is 22.4 Å². The highest BCUT2D eigenvalue weighted by atomic mass is 35.5. The molecule has 11 heteroatoms. The summed E-state index contributed by atoms with van der Waals surface area (Å²) in [6.45, 7) is 0. The molecule has 2 fully saturated rings. The minimum atomic E-state index is -2.94. The van der Waals surface area contributed by atoms with Gasteiger partial charge in [0.25, 0.3) is 0 Å². The molecule has 2 saturated carbocycles. The van der Waals surface area contributed by atoms with Gasteiger partial charge in [0, 0.05) is 28.3 Å². The molecule has 2 aliphatic rings. The number of hydrogen-bond acceptors (Lipinski definition) is 4. The van der Waals surface area contributed by atoms with Crippen LogP contribution in [0, 0.1) is 23.5 Å². The Balaban J connectivity index is 0.000000188. The maximum atomic E-state index is 16.3. The molecule has 8 rings (SSSR count). The van der Waals surface area contributed by atoms with Gasteiger partial charge in [-0.2, -0.15) is 0 Å². The van der Waals surface area contributed by atoms with E-state index in [4.69, 9.17) is 32.7 Å². The highest BCUT2D eigenvalue weighted by molar-refractivity contribution is 6.30. The van der Waals surface area contributed by atoms with Gasteiger partial charge in [0.05, 0.1) is 0 Å². The van der Waals surface area contributed by atoms with Gasteiger partial charge in [-0.3, -0.25) is 0 Å². The van der Waals surface area contributed by atoms with Gasteiger partial charge in [-0.05, 0) is 145 Å². The number of halogens is 6. The Morgan fingerprint density at radius 3 is 1.63 bits per heavy atom. The predicted octanol–water partition coefficient (Wildman–Crippen LogP) is 14.0. The van der Waals surface area contributed by atoms with Crippen molar-refractivity contribution in [2.45, 2.75) is 62.1 Å². The summed E-state index contributed by atoms with van der Waals surface area (Å²) in [4.78, 5) is 12.2. The van der Waals surface area contributed by atoms with Crippen molar-refractivity contribution in [1.29, 1.82) is 0 Å². The second-order valence-corrected chi connectivity index (χ2v) is 16.6. The zero-order valence-corrected chi connectivity index (χ0v) is 35.0. The molecular formula is C51H44Cl2F4O5. The van der Waals surface area contributed by atoms with Crippen LogP contribution < -0.4 is 9.47 Å². The fourth-order valence-electron chi connectivity index (χ4n) is 7.65. The van der Waals surface area contributed by atoms with Gasteiger partial charge in [0.15, 0.2) is 23.1 Å². The first kappa shape index (κ1) is 44.4. The molecular weight excluding hydrogens is 839 g/mol. The number of rotatable bonds is 16. The van der Waals surface area contributed by atoms with Crippen LogP contribution in [0.25, 0.3) is 0 Å². The third-order valence-electron chi connectivity index (χ3n) is 11.1. The summed E-state index contributed by atoms with van der Waals surface area (Å²) in [5.74, 6) is -3.09. The van der Waals surface area contributed by atoms with Crippen molar-refractivity contribution in [1.82, 2.24) is 0 Å². The molecule has 2 unspecified atom stereocenters. The molecule has 0 heterocycles. The third kappa shape index (κ3) is 11.3. The number of hydrogen-bond donors (Lipinski definition) is 2. The van der Waals surface area contributed by atoms with E-state index >= 15 is 8.78 Å². The average molecular weight is 884 g/mol. The fourth-order valence-corrected chi connectivity index (χ4v) is 7.90. The Kier molecular flexibility index (Phi) is 14.4. The zero-order valence-electron chi connectivity index (χ0n) is 33.5. The summed E-state index contributed by atoms with van der Waals surface area (Å²) in [5, 5.41) is 21.9. The van der Waals surface area contributed by atoms with E-state index in [0.29, 0.717) is 57.9 Å². The lowest BCUT2D eigenvalue weighted by Gasteiger charge is -2.35. The summed E-state index contributed by atoms with van der Waals surface area (Å²) in [5.41, 5.74) is -0.387. The molecule has 0 aliphatic heterocycles. The van der Waals surface area contributed by atoms with Crippen molar-refractivity contribution in [3.63, 3.8) is 0 Å². The number of carbonyl (C=O) groups is 1. The van der Waals surface area contributed by atoms with Crippen LogP contribution in [0.3, 0.4) is 0 Å². The highest BCUT2D eigenvalue weighted by Gasteiger charge is 2.57. The van der Waals surface area contributed by atoms with Gasteiger partial charge in [-0.15, -0.1) is 0 Å². The predicted molar refractivity (Wildman–Crippen MR) is 234 cm³/mol. The Morgan fingerprint density at radius 2 is 1.15 bits per heavy atom. The van der Waals surface area contributed by atoms with Crippen molar-refractivity contribution >= 4 is 29.2 Å². The van der Waals surface area contributed by atoms with Gasteiger partial charge in [-0.1, -0.05) is 96.0 Å². The molecule has 0 radical (unpaired) electrons. The van der Waals surface area contributed by atoms with E-state index in [1.165, 1.54) is 18.2 Å². The van der Waals surface area contributed by atoms with Crippen LogP contribution in [0.5, 0.6) is 23.0 Å². The smallest absolute Gasteiger partial charge is 0.344 e. The Morgan fingerprint density at radius 1 is 0.677 bits per heavy atom. The molecule has 2 aliphatic carbocycles. The number of aliphatic hydroxyl groups excluding tert-OH is 1. The van der Waals surface area contributed by atoms with E-state index in [1.54, 1.807) is 97.1 Å². The lowest BCUT2D eigenvalue weighted by atomic mass is 9.75. The number of carboxylic acid groups (broad SMARTS) is 1. The molecule has 5 nitrogen and oxygen atoms in total. The van der Waals surface area contributed by atoms with Gasteiger partial charge in [0.1, 0.15) is 23.4 Å². The van der Waals surface area contributed by atoms with Crippen LogP contribution >= 0.6 is 23.2 Å². The molecule has 6 aromatic rings. The quantitative estimate of drug-likeness (QED) is 0.0947. The molecule has 0 bridgehead atoms. The van der Waals surface area contributed by atoms with E-state index < -0.39 is 35.3 Å². The number of aliphatic carboxylic acids is 1. The minimum Gasteiger partial charge on any atom is -0.479 e. The highest BCUT2D eigenvalue weighted by Crippen LogP contribution is 2.52. The number of para-hydroxylation sites is 2. The summed E-state index contributed by atoms with van der Waals surface area (Å²) < 4.78 is 71.0. The molecule has 62 heavy (non-hydrogen) atoms. The Hall–Kier alpha value is -5.61. The van der Waals surface area contributed by atoms with Gasteiger partial charge < -0.3 is 19.7 Å². The van der Waals surface area contributed by atoms with Crippen molar-refractivity contribution in [2.24, 2.45) is 11.8 Å². The van der Waals surface area contributed by atoms with Crippen LogP contribution in [0.15, 0.2) is 157 Å². The van der Waals surface area contributed by atoms with Crippen LogP contribution in [0.2, 0.25) is 10.0 Å². The minimum absolute atomic E-state index is 0.0953. The number of carboxylic acids is 1. The molecule has 0 amide bonds. The lowest BCUT2D eigenvalue weighted by molar-refractivity contribution is -0.163. The maximum absolute atomic E-state index is 16.3. The van der Waals surface area contributed by atoms with Crippen LogP contribution in [0.4, 0.5) is 17.6 Å². The van der Waals surface area contributed by atoms with Gasteiger partial charge >= 0.3 is 5.97 Å². The van der Waals surface area contributed by atoms with Crippen molar-refractivity contribution in [2.75, 3.05) is 0 Å². The summed E-state index contributed by atoms with van der Waals surface area (Å²) in [7, 11) is 0. The van der Waals surface area contributed by atoms with Crippen molar-refractivity contribution in [3.8, 4) is 23.0 Å². The second-order valence-electron chi connectivity index (χ2n) is 15.7. The number of allylic oxidation sites excluding steroid dienone is 2. The van der Waals surface area contributed by atoms with E-state index in [2.05, 4.69) is 0 Å². The Bertz CT molecular complexity index is 2460.